The van der Waals surface area contributed by atoms with Crippen LogP contribution in [0.1, 0.15) is 42.4 Å². The van der Waals surface area contributed by atoms with Crippen LogP contribution in [0.5, 0.6) is 5.75 Å². The van der Waals surface area contributed by atoms with Crippen molar-refractivity contribution in [2.75, 3.05) is 7.11 Å². The lowest BCUT2D eigenvalue weighted by atomic mass is 10.1. The van der Waals surface area contributed by atoms with Crippen molar-refractivity contribution in [3.05, 3.63) is 77.1 Å². The first-order valence-electron chi connectivity index (χ1n) is 9.67. The van der Waals surface area contributed by atoms with Crippen molar-refractivity contribution < 1.29 is 9.53 Å². The molecule has 2 aromatic carbocycles. The molecule has 0 aliphatic heterocycles. The monoisotopic (exact) mass is 409 g/mol. The maximum Gasteiger partial charge on any atom is 0.233 e. The summed E-state index contributed by atoms with van der Waals surface area (Å²) in [6.07, 6.45) is 0.773. The number of aromatic amines is 1. The second-order valence-corrected chi connectivity index (χ2v) is 8.34. The molecule has 29 heavy (non-hydrogen) atoms. The Morgan fingerprint density at radius 2 is 1.83 bits per heavy atom. The number of imidazole rings is 1. The first-order valence-corrected chi connectivity index (χ1v) is 10.5. The van der Waals surface area contributed by atoms with Crippen molar-refractivity contribution in [2.45, 2.75) is 43.6 Å². The highest BCUT2D eigenvalue weighted by molar-refractivity contribution is 8.00. The zero-order valence-electron chi connectivity index (χ0n) is 17.2. The van der Waals surface area contributed by atoms with Crippen molar-refractivity contribution in [2.24, 2.45) is 0 Å². The number of hydrogen-bond donors (Lipinski definition) is 2. The maximum atomic E-state index is 12.7. The van der Waals surface area contributed by atoms with E-state index in [2.05, 4.69) is 22.4 Å². The fourth-order valence-electron chi connectivity index (χ4n) is 3.14. The summed E-state index contributed by atoms with van der Waals surface area (Å²) in [6, 6.07) is 17.8. The minimum Gasteiger partial charge on any atom is -0.496 e. The Morgan fingerprint density at radius 3 is 2.55 bits per heavy atom. The zero-order chi connectivity index (χ0) is 20.8. The Morgan fingerprint density at radius 1 is 1.14 bits per heavy atom. The normalized spacial score (nSPS) is 13.0. The first kappa shape index (κ1) is 21.0. The summed E-state index contributed by atoms with van der Waals surface area (Å²) in [7, 11) is 1.64. The van der Waals surface area contributed by atoms with E-state index in [1.165, 1.54) is 17.3 Å². The minimum absolute atomic E-state index is 0.0351. The summed E-state index contributed by atoms with van der Waals surface area (Å²) in [4.78, 5) is 20.7. The number of rotatable bonds is 8. The van der Waals surface area contributed by atoms with Crippen LogP contribution >= 0.6 is 11.8 Å². The highest BCUT2D eigenvalue weighted by atomic mass is 32.2. The third kappa shape index (κ3) is 5.41. The average molecular weight is 410 g/mol. The van der Waals surface area contributed by atoms with E-state index < -0.39 is 0 Å². The molecule has 0 aliphatic rings. The molecule has 2 atom stereocenters. The van der Waals surface area contributed by atoms with Crippen molar-refractivity contribution in [3.63, 3.8) is 0 Å². The quantitative estimate of drug-likeness (QED) is 0.530. The van der Waals surface area contributed by atoms with Gasteiger partial charge in [0.25, 0.3) is 0 Å². The molecule has 0 unspecified atom stereocenters. The van der Waals surface area contributed by atoms with Crippen molar-refractivity contribution >= 4 is 17.7 Å². The topological polar surface area (TPSA) is 67.0 Å². The second-order valence-electron chi connectivity index (χ2n) is 7.01. The van der Waals surface area contributed by atoms with E-state index in [4.69, 9.17) is 9.72 Å². The molecule has 0 fully saturated rings. The molecule has 3 aromatic rings. The number of aryl methyl sites for hydroxylation is 1. The molecule has 1 heterocycles. The number of methoxy groups -OCH3 is 1. The number of amides is 1. The van der Waals surface area contributed by atoms with Crippen LogP contribution in [0.2, 0.25) is 0 Å². The summed E-state index contributed by atoms with van der Waals surface area (Å²) < 4.78 is 5.40. The number of nitrogens with zero attached hydrogens (tertiary/aromatic N) is 1. The van der Waals surface area contributed by atoms with Gasteiger partial charge in [0, 0.05) is 17.7 Å². The van der Waals surface area contributed by atoms with Gasteiger partial charge in [-0.15, -0.1) is 0 Å². The predicted molar refractivity (Wildman–Crippen MR) is 117 cm³/mol. The Balaban J connectivity index is 1.61. The van der Waals surface area contributed by atoms with Crippen molar-refractivity contribution in [1.29, 1.82) is 0 Å². The lowest BCUT2D eigenvalue weighted by Gasteiger charge is -2.19. The molecule has 0 bridgehead atoms. The van der Waals surface area contributed by atoms with Gasteiger partial charge in [-0.3, -0.25) is 4.79 Å². The molecule has 0 saturated carbocycles. The second kappa shape index (κ2) is 9.65. The van der Waals surface area contributed by atoms with E-state index in [1.807, 2.05) is 63.2 Å². The summed E-state index contributed by atoms with van der Waals surface area (Å²) in [5.41, 5.74) is 4.22. The Bertz CT molecular complexity index is 956. The highest BCUT2D eigenvalue weighted by Gasteiger charge is 2.21. The number of H-pyrrole nitrogens is 1. The third-order valence-corrected chi connectivity index (χ3v) is 5.78. The molecular weight excluding hydrogens is 382 g/mol. The van der Waals surface area contributed by atoms with Gasteiger partial charge in [-0.1, -0.05) is 60.3 Å². The van der Waals surface area contributed by atoms with Gasteiger partial charge in [-0.25, -0.2) is 4.98 Å². The molecule has 152 valence electrons. The van der Waals surface area contributed by atoms with Gasteiger partial charge in [-0.2, -0.15) is 0 Å². The molecule has 0 spiro atoms. The van der Waals surface area contributed by atoms with Gasteiger partial charge in [0.1, 0.15) is 5.75 Å². The summed E-state index contributed by atoms with van der Waals surface area (Å²) in [5, 5.41) is 3.56. The highest BCUT2D eigenvalue weighted by Crippen LogP contribution is 2.26. The van der Waals surface area contributed by atoms with Crippen LogP contribution in [0.15, 0.2) is 59.8 Å². The smallest absolute Gasteiger partial charge is 0.233 e. The van der Waals surface area contributed by atoms with Crippen LogP contribution in [-0.2, 0) is 11.2 Å². The van der Waals surface area contributed by atoms with Crippen molar-refractivity contribution in [3.8, 4) is 5.75 Å². The van der Waals surface area contributed by atoms with Crippen molar-refractivity contribution in [1.82, 2.24) is 15.3 Å². The number of hydrogen-bond acceptors (Lipinski definition) is 4. The average Bonchev–Trinajstić information content (AvgIpc) is 3.07. The third-order valence-electron chi connectivity index (χ3n) is 4.80. The molecule has 0 radical (unpaired) electrons. The largest absolute Gasteiger partial charge is 0.496 e. The first-order chi connectivity index (χ1) is 14.0. The fraction of sp³-hybridized carbons (Fsp3) is 0.304. The number of ether oxygens (including phenoxy) is 1. The van der Waals surface area contributed by atoms with Crippen LogP contribution in [-0.4, -0.2) is 28.2 Å². The molecule has 5 nitrogen and oxygen atoms in total. The van der Waals surface area contributed by atoms with E-state index in [-0.39, 0.29) is 17.2 Å². The SMILES string of the molecule is COc1ccccc1[C@H](C)NC(=O)[C@H](C)Sc1nc(Cc2ccccc2)c(C)[nH]1. The summed E-state index contributed by atoms with van der Waals surface area (Å²) in [5.74, 6) is 0.736. The van der Waals surface area contributed by atoms with Crippen LogP contribution in [0, 0.1) is 6.92 Å². The van der Waals surface area contributed by atoms with E-state index in [0.29, 0.717) is 0 Å². The number of carbonyl (C=O) groups is 1. The number of carbonyl (C=O) groups excluding carboxylic acids is 1. The Labute approximate surface area is 176 Å². The Hall–Kier alpha value is -2.73. The van der Waals surface area contributed by atoms with E-state index in [9.17, 15) is 4.79 Å². The molecule has 1 aromatic heterocycles. The summed E-state index contributed by atoms with van der Waals surface area (Å²) in [6.45, 7) is 5.87. The number of para-hydroxylation sites is 1. The van der Waals surface area contributed by atoms with Gasteiger partial charge in [0.2, 0.25) is 5.91 Å². The molecular formula is C23H27N3O2S. The van der Waals surface area contributed by atoms with Crippen LogP contribution in [0.25, 0.3) is 0 Å². The standard InChI is InChI=1S/C23H27N3O2S/c1-15(19-12-8-9-13-21(19)28-4)24-22(27)17(3)29-23-25-16(2)20(26-23)14-18-10-6-5-7-11-18/h5-13,15,17H,14H2,1-4H3,(H,24,27)(H,25,26)/t15-,17-/m0/s1. The lowest BCUT2D eigenvalue weighted by molar-refractivity contribution is -0.120. The Kier molecular flexibility index (Phi) is 6.99. The zero-order valence-corrected chi connectivity index (χ0v) is 18.0. The molecule has 0 saturated heterocycles. The van der Waals surface area contributed by atoms with Crippen LogP contribution in [0.3, 0.4) is 0 Å². The molecule has 2 N–H and O–H groups in total. The number of nitrogens with one attached hydrogen (secondary N) is 2. The molecule has 0 aliphatic carbocycles. The summed E-state index contributed by atoms with van der Waals surface area (Å²) >= 11 is 1.43. The number of thioether (sulfide) groups is 1. The molecule has 6 heteroatoms. The molecule has 3 rings (SSSR count). The lowest BCUT2D eigenvalue weighted by Crippen LogP contribution is -2.33. The van der Waals surface area contributed by atoms with Gasteiger partial charge in [0.15, 0.2) is 5.16 Å². The number of benzene rings is 2. The van der Waals surface area contributed by atoms with Gasteiger partial charge < -0.3 is 15.0 Å². The van der Waals surface area contributed by atoms with Gasteiger partial charge in [-0.05, 0) is 32.4 Å². The van der Waals surface area contributed by atoms with E-state index in [0.717, 1.165) is 34.3 Å². The van der Waals surface area contributed by atoms with Gasteiger partial charge in [0.05, 0.1) is 24.1 Å². The minimum atomic E-state index is -0.276. The number of aromatic nitrogens is 2. The predicted octanol–water partition coefficient (Wildman–Crippen LogP) is 4.68. The van der Waals surface area contributed by atoms with E-state index >= 15 is 0 Å². The van der Waals surface area contributed by atoms with Crippen LogP contribution in [0.4, 0.5) is 0 Å². The van der Waals surface area contributed by atoms with E-state index in [1.54, 1.807) is 7.11 Å². The van der Waals surface area contributed by atoms with Crippen LogP contribution < -0.4 is 10.1 Å². The fourth-order valence-corrected chi connectivity index (χ4v) is 4.02. The molecule has 1 amide bonds. The van der Waals surface area contributed by atoms with Gasteiger partial charge >= 0.3 is 0 Å². The maximum absolute atomic E-state index is 12.7.